The average molecular weight is 286 g/mol. The van der Waals surface area contributed by atoms with Gasteiger partial charge in [-0.1, -0.05) is 31.2 Å². The van der Waals surface area contributed by atoms with E-state index in [0.29, 0.717) is 6.61 Å². The zero-order valence-electron chi connectivity index (χ0n) is 11.9. The maximum Gasteiger partial charge on any atom is 0.269 e. The number of benzene rings is 2. The minimum absolute atomic E-state index is 0.0806. The van der Waals surface area contributed by atoms with E-state index in [-0.39, 0.29) is 5.69 Å². The molecule has 0 heterocycles. The summed E-state index contributed by atoms with van der Waals surface area (Å²) in [5.74, 6) is 0.752. The van der Waals surface area contributed by atoms with Crippen molar-refractivity contribution >= 4 is 5.69 Å². The van der Waals surface area contributed by atoms with Gasteiger partial charge in [-0.3, -0.25) is 10.1 Å². The highest BCUT2D eigenvalue weighted by Crippen LogP contribution is 2.17. The molecule has 0 unspecified atom stereocenters. The lowest BCUT2D eigenvalue weighted by atomic mass is 10.2. The van der Waals surface area contributed by atoms with Crippen molar-refractivity contribution in [3.8, 4) is 5.75 Å². The number of nitro groups is 1. The lowest BCUT2D eigenvalue weighted by molar-refractivity contribution is -0.384. The molecule has 0 aliphatic heterocycles. The summed E-state index contributed by atoms with van der Waals surface area (Å²) >= 11 is 0. The summed E-state index contributed by atoms with van der Waals surface area (Å²) in [5.41, 5.74) is 2.05. The number of ether oxygens (including phenoxy) is 1. The first-order chi connectivity index (χ1) is 10.2. The number of nitro benzene ring substituents is 1. The zero-order chi connectivity index (χ0) is 15.1. The van der Waals surface area contributed by atoms with Gasteiger partial charge in [-0.25, -0.2) is 0 Å². The summed E-state index contributed by atoms with van der Waals surface area (Å²) in [4.78, 5) is 10.3. The van der Waals surface area contributed by atoms with Crippen LogP contribution in [0.25, 0.3) is 0 Å². The highest BCUT2D eigenvalue weighted by molar-refractivity contribution is 5.34. The molecule has 110 valence electrons. The summed E-state index contributed by atoms with van der Waals surface area (Å²) < 4.78 is 5.64. The van der Waals surface area contributed by atoms with Gasteiger partial charge in [0, 0.05) is 18.7 Å². The number of hydrogen-bond donors (Lipinski definition) is 1. The van der Waals surface area contributed by atoms with Crippen LogP contribution in [0.2, 0.25) is 0 Å². The van der Waals surface area contributed by atoms with Crippen LogP contribution in [0, 0.1) is 10.1 Å². The maximum absolute atomic E-state index is 10.7. The second kappa shape index (κ2) is 7.40. The zero-order valence-corrected chi connectivity index (χ0v) is 11.9. The van der Waals surface area contributed by atoms with Gasteiger partial charge >= 0.3 is 0 Å². The summed E-state index contributed by atoms with van der Waals surface area (Å²) in [5, 5.41) is 14.0. The predicted molar refractivity (Wildman–Crippen MR) is 81.3 cm³/mol. The molecule has 2 aromatic carbocycles. The van der Waals surface area contributed by atoms with E-state index in [1.807, 2.05) is 30.3 Å². The molecule has 0 bridgehead atoms. The Kier molecular flexibility index (Phi) is 5.29. The number of nitrogens with one attached hydrogen (secondary N) is 1. The van der Waals surface area contributed by atoms with Crippen molar-refractivity contribution in [2.75, 3.05) is 6.54 Å². The fourth-order valence-electron chi connectivity index (χ4n) is 1.90. The highest BCUT2D eigenvalue weighted by atomic mass is 16.6. The van der Waals surface area contributed by atoms with E-state index in [1.54, 1.807) is 6.07 Å². The number of non-ortho nitro benzene ring substituents is 1. The molecule has 2 aromatic rings. The Morgan fingerprint density at radius 3 is 2.57 bits per heavy atom. The molecule has 0 aromatic heterocycles. The van der Waals surface area contributed by atoms with Crippen molar-refractivity contribution in [3.63, 3.8) is 0 Å². The second-order valence-corrected chi connectivity index (χ2v) is 4.64. The van der Waals surface area contributed by atoms with Gasteiger partial charge in [0.1, 0.15) is 12.4 Å². The van der Waals surface area contributed by atoms with Crippen LogP contribution in [0.4, 0.5) is 5.69 Å². The first kappa shape index (κ1) is 15.0. The molecule has 0 aliphatic rings. The quantitative estimate of drug-likeness (QED) is 0.626. The van der Waals surface area contributed by atoms with Crippen molar-refractivity contribution in [1.82, 2.24) is 5.32 Å². The monoisotopic (exact) mass is 286 g/mol. The lowest BCUT2D eigenvalue weighted by Crippen LogP contribution is -2.11. The largest absolute Gasteiger partial charge is 0.489 e. The normalized spacial score (nSPS) is 10.3. The van der Waals surface area contributed by atoms with Crippen LogP contribution >= 0.6 is 0 Å². The van der Waals surface area contributed by atoms with Gasteiger partial charge in [0.25, 0.3) is 5.69 Å². The number of nitrogens with zero attached hydrogens (tertiary/aromatic N) is 1. The third kappa shape index (κ3) is 4.57. The molecule has 5 nitrogen and oxygen atoms in total. The molecule has 0 fully saturated rings. The summed E-state index contributed by atoms with van der Waals surface area (Å²) in [6.07, 6.45) is 0. The third-order valence-corrected chi connectivity index (χ3v) is 3.03. The van der Waals surface area contributed by atoms with E-state index in [4.69, 9.17) is 4.74 Å². The van der Waals surface area contributed by atoms with E-state index in [2.05, 4.69) is 12.2 Å². The Balaban J connectivity index is 1.93. The fourth-order valence-corrected chi connectivity index (χ4v) is 1.90. The van der Waals surface area contributed by atoms with Crippen molar-refractivity contribution in [2.24, 2.45) is 0 Å². The Morgan fingerprint density at radius 2 is 1.90 bits per heavy atom. The Labute approximate surface area is 123 Å². The van der Waals surface area contributed by atoms with Crippen molar-refractivity contribution in [1.29, 1.82) is 0 Å². The molecule has 0 amide bonds. The lowest BCUT2D eigenvalue weighted by Gasteiger charge is -2.07. The van der Waals surface area contributed by atoms with Crippen LogP contribution in [0.5, 0.6) is 5.75 Å². The Hall–Kier alpha value is -2.40. The van der Waals surface area contributed by atoms with E-state index < -0.39 is 4.92 Å². The van der Waals surface area contributed by atoms with Crippen LogP contribution < -0.4 is 10.1 Å². The smallest absolute Gasteiger partial charge is 0.269 e. The molecular formula is C16H18N2O3. The molecule has 0 aliphatic carbocycles. The standard InChI is InChI=1S/C16H18N2O3/c1-2-17-11-13-6-8-16(9-7-13)21-12-14-4-3-5-15(10-14)18(19)20/h3-10,17H,2,11-12H2,1H3. The van der Waals surface area contributed by atoms with Gasteiger partial charge in [0.05, 0.1) is 4.92 Å². The third-order valence-electron chi connectivity index (χ3n) is 3.03. The highest BCUT2D eigenvalue weighted by Gasteiger charge is 2.06. The van der Waals surface area contributed by atoms with Crippen molar-refractivity contribution in [2.45, 2.75) is 20.1 Å². The first-order valence-electron chi connectivity index (χ1n) is 6.85. The van der Waals surface area contributed by atoms with Crippen LogP contribution in [0.15, 0.2) is 48.5 Å². The topological polar surface area (TPSA) is 64.4 Å². The van der Waals surface area contributed by atoms with E-state index in [1.165, 1.54) is 17.7 Å². The minimum Gasteiger partial charge on any atom is -0.489 e. The molecule has 0 spiro atoms. The SMILES string of the molecule is CCNCc1ccc(OCc2cccc([N+](=O)[O-])c2)cc1. The molecule has 0 atom stereocenters. The molecular weight excluding hydrogens is 268 g/mol. The average Bonchev–Trinajstić information content (AvgIpc) is 2.52. The Bertz CT molecular complexity index is 597. The van der Waals surface area contributed by atoms with Gasteiger partial charge in [-0.05, 0) is 29.8 Å². The second-order valence-electron chi connectivity index (χ2n) is 4.64. The molecule has 2 rings (SSSR count). The number of rotatable bonds is 7. The van der Waals surface area contributed by atoms with E-state index in [0.717, 1.165) is 24.4 Å². The molecule has 1 N–H and O–H groups in total. The van der Waals surface area contributed by atoms with E-state index in [9.17, 15) is 10.1 Å². The minimum atomic E-state index is -0.404. The molecule has 0 saturated carbocycles. The van der Waals surface area contributed by atoms with Crippen LogP contribution in [0.1, 0.15) is 18.1 Å². The first-order valence-corrected chi connectivity index (χ1v) is 6.85. The van der Waals surface area contributed by atoms with Gasteiger partial charge in [-0.2, -0.15) is 0 Å². The summed E-state index contributed by atoms with van der Waals surface area (Å²) in [6.45, 7) is 4.15. The molecule has 0 saturated heterocycles. The molecule has 21 heavy (non-hydrogen) atoms. The van der Waals surface area contributed by atoms with Crippen molar-refractivity contribution < 1.29 is 9.66 Å². The van der Waals surface area contributed by atoms with E-state index >= 15 is 0 Å². The Morgan fingerprint density at radius 1 is 1.14 bits per heavy atom. The van der Waals surface area contributed by atoms with Crippen LogP contribution in [-0.4, -0.2) is 11.5 Å². The summed E-state index contributed by atoms with van der Waals surface area (Å²) in [6, 6.07) is 14.3. The van der Waals surface area contributed by atoms with Crippen LogP contribution in [-0.2, 0) is 13.2 Å². The molecule has 0 radical (unpaired) electrons. The maximum atomic E-state index is 10.7. The van der Waals surface area contributed by atoms with Gasteiger partial charge in [0.2, 0.25) is 0 Å². The van der Waals surface area contributed by atoms with Gasteiger partial charge < -0.3 is 10.1 Å². The predicted octanol–water partition coefficient (Wildman–Crippen LogP) is 3.28. The van der Waals surface area contributed by atoms with Gasteiger partial charge in [0.15, 0.2) is 0 Å². The fraction of sp³-hybridized carbons (Fsp3) is 0.250. The van der Waals surface area contributed by atoms with Gasteiger partial charge in [-0.15, -0.1) is 0 Å². The summed E-state index contributed by atoms with van der Waals surface area (Å²) in [7, 11) is 0. The molecule has 5 heteroatoms. The number of hydrogen-bond acceptors (Lipinski definition) is 4. The van der Waals surface area contributed by atoms with Crippen LogP contribution in [0.3, 0.4) is 0 Å². The van der Waals surface area contributed by atoms with Crippen molar-refractivity contribution in [3.05, 3.63) is 69.8 Å².